The van der Waals surface area contributed by atoms with Gasteiger partial charge >= 0.3 is 0 Å². The van der Waals surface area contributed by atoms with Crippen molar-refractivity contribution in [1.82, 2.24) is 9.97 Å². The normalized spacial score (nSPS) is 18.1. The molecule has 0 aromatic carbocycles. The first-order valence-corrected chi connectivity index (χ1v) is 7.13. The smallest absolute Gasteiger partial charge is 0.224 e. The number of aromatic nitrogens is 2. The molecule has 1 atom stereocenters. The van der Waals surface area contributed by atoms with Crippen molar-refractivity contribution >= 4 is 11.8 Å². The zero-order chi connectivity index (χ0) is 13.7. The first-order valence-electron chi connectivity index (χ1n) is 7.13. The van der Waals surface area contributed by atoms with Gasteiger partial charge in [-0.05, 0) is 39.5 Å². The van der Waals surface area contributed by atoms with E-state index in [4.69, 9.17) is 4.74 Å². The lowest BCUT2D eigenvalue weighted by molar-refractivity contribution is 0.0622. The number of hydrogen-bond acceptors (Lipinski definition) is 5. The van der Waals surface area contributed by atoms with Crippen molar-refractivity contribution in [3.8, 4) is 0 Å². The molecule has 2 rings (SSSR count). The van der Waals surface area contributed by atoms with Gasteiger partial charge in [0.25, 0.3) is 0 Å². The summed E-state index contributed by atoms with van der Waals surface area (Å²) in [5.41, 5.74) is 0.979. The van der Waals surface area contributed by atoms with Crippen LogP contribution in [0.2, 0.25) is 0 Å². The van der Waals surface area contributed by atoms with Gasteiger partial charge < -0.3 is 15.4 Å². The molecular weight excluding hydrogens is 240 g/mol. The lowest BCUT2D eigenvalue weighted by atomic mass is 9.93. The standard InChI is InChI=1S/C14H24N4O/c1-4-15-14-16-10(2)9-13(18-14)17-11(3)12-5-7-19-8-6-12/h9,11-12H,4-8H2,1-3H3,(H2,15,16,17,18). The van der Waals surface area contributed by atoms with Crippen molar-refractivity contribution in [2.45, 2.75) is 39.7 Å². The Hall–Kier alpha value is -1.36. The van der Waals surface area contributed by atoms with Gasteiger partial charge in [0.1, 0.15) is 5.82 Å². The molecular formula is C14H24N4O. The molecule has 5 heteroatoms. The minimum atomic E-state index is 0.410. The molecule has 1 aliphatic heterocycles. The molecule has 1 fully saturated rings. The molecule has 0 amide bonds. The number of nitrogens with zero attached hydrogens (tertiary/aromatic N) is 2. The second-order valence-electron chi connectivity index (χ2n) is 5.13. The maximum absolute atomic E-state index is 5.41. The average Bonchev–Trinajstić information content (AvgIpc) is 2.39. The minimum Gasteiger partial charge on any atom is -0.381 e. The van der Waals surface area contributed by atoms with Crippen molar-refractivity contribution in [3.63, 3.8) is 0 Å². The van der Waals surface area contributed by atoms with Crippen LogP contribution in [0.4, 0.5) is 11.8 Å². The van der Waals surface area contributed by atoms with E-state index in [0.29, 0.717) is 17.9 Å². The Bertz CT molecular complexity index is 404. The van der Waals surface area contributed by atoms with E-state index in [2.05, 4.69) is 27.5 Å². The fraction of sp³-hybridized carbons (Fsp3) is 0.714. The topological polar surface area (TPSA) is 59.1 Å². The molecule has 1 unspecified atom stereocenters. The Labute approximate surface area is 115 Å². The van der Waals surface area contributed by atoms with Crippen LogP contribution in [0.3, 0.4) is 0 Å². The second-order valence-corrected chi connectivity index (χ2v) is 5.13. The zero-order valence-electron chi connectivity index (χ0n) is 12.1. The van der Waals surface area contributed by atoms with Crippen LogP contribution in [0, 0.1) is 12.8 Å². The van der Waals surface area contributed by atoms with E-state index in [1.165, 1.54) is 0 Å². The van der Waals surface area contributed by atoms with Gasteiger partial charge in [0.2, 0.25) is 5.95 Å². The maximum atomic E-state index is 5.41. The van der Waals surface area contributed by atoms with Crippen LogP contribution in [-0.2, 0) is 4.74 Å². The summed E-state index contributed by atoms with van der Waals surface area (Å²) in [6, 6.07) is 2.41. The highest BCUT2D eigenvalue weighted by molar-refractivity contribution is 5.42. The van der Waals surface area contributed by atoms with Gasteiger partial charge in [0.05, 0.1) is 0 Å². The van der Waals surface area contributed by atoms with E-state index in [1.807, 2.05) is 19.9 Å². The Morgan fingerprint density at radius 3 is 2.79 bits per heavy atom. The number of ether oxygens (including phenoxy) is 1. The molecule has 2 heterocycles. The lowest BCUT2D eigenvalue weighted by Crippen LogP contribution is -2.31. The minimum absolute atomic E-state index is 0.410. The molecule has 19 heavy (non-hydrogen) atoms. The molecule has 0 saturated carbocycles. The van der Waals surface area contributed by atoms with E-state index in [-0.39, 0.29) is 0 Å². The third-order valence-electron chi connectivity index (χ3n) is 3.54. The lowest BCUT2D eigenvalue weighted by Gasteiger charge is -2.28. The van der Waals surface area contributed by atoms with E-state index in [1.54, 1.807) is 0 Å². The molecule has 1 saturated heterocycles. The molecule has 0 spiro atoms. The van der Waals surface area contributed by atoms with E-state index in [9.17, 15) is 0 Å². The van der Waals surface area contributed by atoms with Crippen LogP contribution in [0.5, 0.6) is 0 Å². The third-order valence-corrected chi connectivity index (χ3v) is 3.54. The fourth-order valence-corrected chi connectivity index (χ4v) is 2.45. The van der Waals surface area contributed by atoms with E-state index >= 15 is 0 Å². The summed E-state index contributed by atoms with van der Waals surface area (Å²) in [4.78, 5) is 8.85. The number of nitrogens with one attached hydrogen (secondary N) is 2. The molecule has 2 N–H and O–H groups in total. The molecule has 1 aromatic heterocycles. The van der Waals surface area contributed by atoms with Gasteiger partial charge in [-0.3, -0.25) is 0 Å². The van der Waals surface area contributed by atoms with Crippen LogP contribution in [-0.4, -0.2) is 35.8 Å². The highest BCUT2D eigenvalue weighted by atomic mass is 16.5. The summed E-state index contributed by atoms with van der Waals surface area (Å²) in [6.07, 6.45) is 2.25. The average molecular weight is 264 g/mol. The number of aryl methyl sites for hydroxylation is 1. The predicted octanol–water partition coefficient (Wildman–Crippen LogP) is 2.44. The van der Waals surface area contributed by atoms with Crippen LogP contribution in [0.25, 0.3) is 0 Å². The molecule has 1 aliphatic rings. The summed E-state index contributed by atoms with van der Waals surface area (Å²) >= 11 is 0. The number of rotatable bonds is 5. The van der Waals surface area contributed by atoms with Crippen LogP contribution >= 0.6 is 0 Å². The van der Waals surface area contributed by atoms with Gasteiger partial charge in [-0.1, -0.05) is 0 Å². The van der Waals surface area contributed by atoms with Gasteiger partial charge in [-0.15, -0.1) is 0 Å². The molecule has 1 aromatic rings. The summed E-state index contributed by atoms with van der Waals surface area (Å²) in [7, 11) is 0. The number of hydrogen-bond donors (Lipinski definition) is 2. The molecule has 0 aliphatic carbocycles. The Morgan fingerprint density at radius 1 is 1.37 bits per heavy atom. The van der Waals surface area contributed by atoms with E-state index in [0.717, 1.165) is 44.1 Å². The SMILES string of the molecule is CCNc1nc(C)cc(NC(C)C2CCOCC2)n1. The van der Waals surface area contributed by atoms with Gasteiger partial charge in [0.15, 0.2) is 0 Å². The highest BCUT2D eigenvalue weighted by Crippen LogP contribution is 2.21. The Balaban J connectivity index is 2.00. The first-order chi connectivity index (χ1) is 9.19. The number of anilines is 2. The summed E-state index contributed by atoms with van der Waals surface area (Å²) in [6.45, 7) is 8.85. The largest absolute Gasteiger partial charge is 0.381 e. The fourth-order valence-electron chi connectivity index (χ4n) is 2.45. The summed E-state index contributed by atoms with van der Waals surface area (Å²) in [5, 5.41) is 6.66. The first kappa shape index (κ1) is 14.1. The van der Waals surface area contributed by atoms with Gasteiger partial charge in [-0.2, -0.15) is 4.98 Å². The third kappa shape index (κ3) is 4.06. The maximum Gasteiger partial charge on any atom is 0.224 e. The molecule has 0 bridgehead atoms. The van der Waals surface area contributed by atoms with Crippen LogP contribution < -0.4 is 10.6 Å². The highest BCUT2D eigenvalue weighted by Gasteiger charge is 2.20. The summed E-state index contributed by atoms with van der Waals surface area (Å²) < 4.78 is 5.41. The van der Waals surface area contributed by atoms with Crippen LogP contribution in [0.15, 0.2) is 6.07 Å². The monoisotopic (exact) mass is 264 g/mol. The quantitative estimate of drug-likeness (QED) is 0.855. The van der Waals surface area contributed by atoms with Crippen molar-refractivity contribution in [3.05, 3.63) is 11.8 Å². The summed E-state index contributed by atoms with van der Waals surface area (Å²) in [5.74, 6) is 2.26. The van der Waals surface area contributed by atoms with E-state index < -0.39 is 0 Å². The molecule has 0 radical (unpaired) electrons. The zero-order valence-corrected chi connectivity index (χ0v) is 12.1. The van der Waals surface area contributed by atoms with Crippen LogP contribution in [0.1, 0.15) is 32.4 Å². The molecule has 5 nitrogen and oxygen atoms in total. The molecule has 106 valence electrons. The van der Waals surface area contributed by atoms with Crippen molar-refractivity contribution < 1.29 is 4.74 Å². The van der Waals surface area contributed by atoms with Gasteiger partial charge in [0, 0.05) is 37.6 Å². The Morgan fingerprint density at radius 2 is 2.11 bits per heavy atom. The van der Waals surface area contributed by atoms with Gasteiger partial charge in [-0.25, -0.2) is 4.98 Å². The second kappa shape index (κ2) is 6.70. The van der Waals surface area contributed by atoms with Crippen molar-refractivity contribution in [1.29, 1.82) is 0 Å². The van der Waals surface area contributed by atoms with Crippen molar-refractivity contribution in [2.75, 3.05) is 30.4 Å². The predicted molar refractivity (Wildman–Crippen MR) is 77.6 cm³/mol. The van der Waals surface area contributed by atoms with Crippen molar-refractivity contribution in [2.24, 2.45) is 5.92 Å². The Kier molecular flexibility index (Phi) is 4.96.